The molecule has 0 saturated carbocycles. The molecule has 1 aliphatic rings. The first-order valence-electron chi connectivity index (χ1n) is 8.40. The Hall–Kier alpha value is -2.69. The van der Waals surface area contributed by atoms with Crippen molar-refractivity contribution in [3.8, 4) is 0 Å². The van der Waals surface area contributed by atoms with Crippen LogP contribution in [-0.4, -0.2) is 31.3 Å². The molecule has 0 spiro atoms. The second-order valence-corrected chi connectivity index (χ2v) is 8.36. The van der Waals surface area contributed by atoms with Crippen LogP contribution in [0.4, 0.5) is 18.9 Å². The predicted octanol–water partition coefficient (Wildman–Crippen LogP) is 3.06. The highest BCUT2D eigenvalue weighted by atomic mass is 32.2. The van der Waals surface area contributed by atoms with Gasteiger partial charge in [0.15, 0.2) is 5.72 Å². The number of aliphatic imine (C=N–C) groups is 1. The lowest BCUT2D eigenvalue weighted by molar-refractivity contribution is -0.0945. The fraction of sp³-hybridized carbons (Fsp3) is 0.211. The van der Waals surface area contributed by atoms with Crippen LogP contribution in [0.5, 0.6) is 0 Å². The number of primary sulfonamides is 1. The van der Waals surface area contributed by atoms with Crippen LogP contribution in [0.2, 0.25) is 0 Å². The van der Waals surface area contributed by atoms with Gasteiger partial charge in [0.2, 0.25) is 10.0 Å². The number of anilines is 1. The molecule has 0 bridgehead atoms. The number of allylic oxidation sites excluding steroid dienone is 1. The van der Waals surface area contributed by atoms with E-state index >= 15 is 0 Å². The first-order valence-corrected chi connectivity index (χ1v) is 9.95. The quantitative estimate of drug-likeness (QED) is 0.790. The van der Waals surface area contributed by atoms with Crippen molar-refractivity contribution in [1.29, 1.82) is 0 Å². The number of hydrogen-bond donors (Lipinski definition) is 2. The van der Waals surface area contributed by atoms with Crippen molar-refractivity contribution in [3.63, 3.8) is 0 Å². The molecule has 1 aliphatic heterocycles. The van der Waals surface area contributed by atoms with Crippen molar-refractivity contribution in [2.75, 3.05) is 4.90 Å². The van der Waals surface area contributed by atoms with Gasteiger partial charge in [0.05, 0.1) is 4.90 Å². The van der Waals surface area contributed by atoms with E-state index in [-0.39, 0.29) is 16.4 Å². The number of rotatable bonds is 3. The van der Waals surface area contributed by atoms with Gasteiger partial charge in [-0.05, 0) is 44.2 Å². The first kappa shape index (κ1) is 21.0. The average Bonchev–Trinajstić information content (AvgIpc) is 2.59. The number of alkyl halides is 3. The molecule has 3 rings (SSSR count). The smallest absolute Gasteiger partial charge is 0.367 e. The van der Waals surface area contributed by atoms with E-state index in [9.17, 15) is 26.7 Å². The Morgan fingerprint density at radius 3 is 2.10 bits per heavy atom. The molecule has 3 N–H and O–H groups in total. The maximum atomic E-state index is 13.4. The summed E-state index contributed by atoms with van der Waals surface area (Å²) in [7, 11) is -3.95. The Morgan fingerprint density at radius 2 is 1.62 bits per heavy atom. The molecule has 0 aromatic heterocycles. The Kier molecular flexibility index (Phi) is 5.06. The molecule has 0 aliphatic carbocycles. The largest absolute Gasteiger partial charge is 0.433 e. The Labute approximate surface area is 165 Å². The number of sulfonamides is 1. The summed E-state index contributed by atoms with van der Waals surface area (Å²) in [6, 6.07) is 11.7. The Bertz CT molecular complexity index is 1090. The van der Waals surface area contributed by atoms with E-state index in [2.05, 4.69) is 4.99 Å². The fourth-order valence-electron chi connectivity index (χ4n) is 2.94. The summed E-state index contributed by atoms with van der Waals surface area (Å²) in [5, 5.41) is 16.0. The van der Waals surface area contributed by atoms with Crippen molar-refractivity contribution in [2.24, 2.45) is 10.1 Å². The zero-order valence-corrected chi connectivity index (χ0v) is 16.3. The fourth-order valence-corrected chi connectivity index (χ4v) is 3.46. The second kappa shape index (κ2) is 6.97. The lowest BCUT2D eigenvalue weighted by Crippen LogP contribution is -2.52. The summed E-state index contributed by atoms with van der Waals surface area (Å²) in [5.74, 6) is -0.131. The number of benzene rings is 2. The minimum absolute atomic E-state index is 0.131. The molecule has 0 amide bonds. The van der Waals surface area contributed by atoms with Crippen LogP contribution < -0.4 is 10.0 Å². The van der Waals surface area contributed by atoms with E-state index in [1.54, 1.807) is 24.3 Å². The van der Waals surface area contributed by atoms with Crippen molar-refractivity contribution in [3.05, 3.63) is 71.4 Å². The van der Waals surface area contributed by atoms with E-state index < -0.39 is 27.6 Å². The SMILES string of the molecule is Cc1ccc(C2=NC(C(F)(F)F)=CC(C)(O)N2c2ccc(S(N)(=O)=O)cc2)cc1. The summed E-state index contributed by atoms with van der Waals surface area (Å²) in [4.78, 5) is 4.78. The standard InChI is InChI=1S/C19H18F3N3O3S/c1-12-3-5-13(6-4-12)17-24-16(19(20,21)22)11-18(2,26)25(17)14-7-9-15(10-8-14)29(23,27)28/h3-11,26H,1-2H3,(H2,23,27,28). The van der Waals surface area contributed by atoms with Gasteiger partial charge in [0, 0.05) is 11.3 Å². The van der Waals surface area contributed by atoms with Crippen molar-refractivity contribution in [2.45, 2.75) is 30.6 Å². The van der Waals surface area contributed by atoms with Gasteiger partial charge < -0.3 is 5.11 Å². The molecule has 0 radical (unpaired) electrons. The maximum Gasteiger partial charge on any atom is 0.433 e. The molecule has 1 atom stereocenters. The second-order valence-electron chi connectivity index (χ2n) is 6.80. The van der Waals surface area contributed by atoms with E-state index in [0.717, 1.165) is 5.56 Å². The third-order valence-electron chi connectivity index (χ3n) is 4.32. The van der Waals surface area contributed by atoms with Gasteiger partial charge in [-0.25, -0.2) is 18.5 Å². The number of amidine groups is 1. The van der Waals surface area contributed by atoms with Crippen LogP contribution in [0.1, 0.15) is 18.1 Å². The molecule has 6 nitrogen and oxygen atoms in total. The normalized spacial score (nSPS) is 20.3. The third kappa shape index (κ3) is 4.34. The molecular formula is C19H18F3N3O3S. The molecule has 2 aromatic rings. The monoisotopic (exact) mass is 425 g/mol. The van der Waals surface area contributed by atoms with Gasteiger partial charge in [0.25, 0.3) is 0 Å². The number of hydrogen-bond acceptors (Lipinski definition) is 5. The third-order valence-corrected chi connectivity index (χ3v) is 5.25. The van der Waals surface area contributed by atoms with Crippen LogP contribution in [0.3, 0.4) is 0 Å². The minimum atomic E-state index is -4.76. The van der Waals surface area contributed by atoms with Gasteiger partial charge >= 0.3 is 6.18 Å². The molecule has 1 unspecified atom stereocenters. The summed E-state index contributed by atoms with van der Waals surface area (Å²) >= 11 is 0. The van der Waals surface area contributed by atoms with Crippen molar-refractivity contribution < 1.29 is 26.7 Å². The molecular weight excluding hydrogens is 407 g/mol. The zero-order chi connectivity index (χ0) is 21.6. The van der Waals surface area contributed by atoms with Gasteiger partial charge in [-0.3, -0.25) is 4.90 Å². The highest BCUT2D eigenvalue weighted by molar-refractivity contribution is 7.89. The van der Waals surface area contributed by atoms with E-state index in [0.29, 0.717) is 11.6 Å². The number of aliphatic hydroxyl groups is 1. The number of nitrogens with zero attached hydrogens (tertiary/aromatic N) is 2. The van der Waals surface area contributed by atoms with E-state index in [1.165, 1.54) is 36.1 Å². The van der Waals surface area contributed by atoms with Crippen LogP contribution >= 0.6 is 0 Å². The molecule has 10 heteroatoms. The van der Waals surface area contributed by atoms with Crippen LogP contribution in [0, 0.1) is 6.92 Å². The highest BCUT2D eigenvalue weighted by Gasteiger charge is 2.43. The van der Waals surface area contributed by atoms with Crippen LogP contribution in [-0.2, 0) is 10.0 Å². The first-order chi connectivity index (χ1) is 13.3. The Morgan fingerprint density at radius 1 is 1.07 bits per heavy atom. The summed E-state index contributed by atoms with van der Waals surface area (Å²) in [6.45, 7) is 3.02. The van der Waals surface area contributed by atoms with Crippen LogP contribution in [0.25, 0.3) is 0 Å². The summed E-state index contributed by atoms with van der Waals surface area (Å²) in [6.07, 6.45) is -4.15. The van der Waals surface area contributed by atoms with Crippen LogP contribution in [0.15, 0.2) is 70.2 Å². The van der Waals surface area contributed by atoms with Crippen molar-refractivity contribution in [1.82, 2.24) is 0 Å². The molecule has 154 valence electrons. The Balaban J connectivity index is 2.18. The molecule has 0 saturated heterocycles. The average molecular weight is 425 g/mol. The lowest BCUT2D eigenvalue weighted by atomic mass is 10.0. The van der Waals surface area contributed by atoms with Gasteiger partial charge in [-0.1, -0.05) is 29.8 Å². The zero-order valence-electron chi connectivity index (χ0n) is 15.5. The molecule has 29 heavy (non-hydrogen) atoms. The number of halogens is 3. The van der Waals surface area contributed by atoms with Crippen molar-refractivity contribution >= 4 is 21.5 Å². The van der Waals surface area contributed by atoms with Gasteiger partial charge in [-0.15, -0.1) is 0 Å². The highest BCUT2D eigenvalue weighted by Crippen LogP contribution is 2.37. The maximum absolute atomic E-state index is 13.4. The lowest BCUT2D eigenvalue weighted by Gasteiger charge is -2.40. The number of nitrogens with two attached hydrogens (primary N) is 1. The van der Waals surface area contributed by atoms with Gasteiger partial charge in [-0.2, -0.15) is 13.2 Å². The molecule has 1 heterocycles. The molecule has 0 fully saturated rings. The summed E-state index contributed by atoms with van der Waals surface area (Å²) in [5.41, 5.74) is -1.83. The van der Waals surface area contributed by atoms with E-state index in [4.69, 9.17) is 5.14 Å². The van der Waals surface area contributed by atoms with Gasteiger partial charge in [0.1, 0.15) is 11.5 Å². The summed E-state index contributed by atoms with van der Waals surface area (Å²) < 4.78 is 63.0. The predicted molar refractivity (Wildman–Crippen MR) is 103 cm³/mol. The topological polar surface area (TPSA) is 96.0 Å². The van der Waals surface area contributed by atoms with E-state index in [1.807, 2.05) is 6.92 Å². The molecule has 2 aromatic carbocycles. The number of aryl methyl sites for hydroxylation is 1. The minimum Gasteiger partial charge on any atom is -0.367 e.